The first-order valence-electron chi connectivity index (χ1n) is 6.86. The third kappa shape index (κ3) is 2.66. The first kappa shape index (κ1) is 14.9. The van der Waals surface area contributed by atoms with Crippen molar-refractivity contribution < 1.29 is 9.47 Å². The van der Waals surface area contributed by atoms with Gasteiger partial charge >= 0.3 is 0 Å². The van der Waals surface area contributed by atoms with Crippen molar-refractivity contribution >= 4 is 11.3 Å². The quantitative estimate of drug-likeness (QED) is 0.824. The topological polar surface area (TPSA) is 31.4 Å². The summed E-state index contributed by atoms with van der Waals surface area (Å²) < 4.78 is 11.0. The molecule has 0 N–H and O–H groups in total. The van der Waals surface area contributed by atoms with E-state index in [4.69, 9.17) is 14.5 Å². The molecule has 0 aliphatic heterocycles. The molecule has 2 rings (SSSR count). The molecule has 0 radical (unpaired) electrons. The highest BCUT2D eigenvalue weighted by Gasteiger charge is 2.17. The summed E-state index contributed by atoms with van der Waals surface area (Å²) in [5, 5.41) is 1.17. The van der Waals surface area contributed by atoms with Gasteiger partial charge in [0.1, 0.15) is 11.5 Å². The summed E-state index contributed by atoms with van der Waals surface area (Å²) in [5.74, 6) is 1.72. The van der Waals surface area contributed by atoms with Crippen LogP contribution in [0.2, 0.25) is 0 Å². The number of aromatic nitrogens is 1. The molecule has 108 valence electrons. The van der Waals surface area contributed by atoms with Crippen LogP contribution in [0.4, 0.5) is 0 Å². The average molecular weight is 291 g/mol. The smallest absolute Gasteiger partial charge is 0.128 e. The van der Waals surface area contributed by atoms with E-state index in [9.17, 15) is 0 Å². The van der Waals surface area contributed by atoms with E-state index < -0.39 is 0 Å². The molecule has 20 heavy (non-hydrogen) atoms. The summed E-state index contributed by atoms with van der Waals surface area (Å²) in [6, 6.07) is 4.04. The van der Waals surface area contributed by atoms with Gasteiger partial charge in [-0.3, -0.25) is 0 Å². The van der Waals surface area contributed by atoms with Crippen molar-refractivity contribution in [1.29, 1.82) is 0 Å². The van der Waals surface area contributed by atoms with Crippen LogP contribution in [-0.2, 0) is 12.8 Å². The van der Waals surface area contributed by atoms with Crippen LogP contribution < -0.4 is 9.47 Å². The van der Waals surface area contributed by atoms with E-state index in [2.05, 4.69) is 13.8 Å². The largest absolute Gasteiger partial charge is 0.496 e. The van der Waals surface area contributed by atoms with E-state index in [1.165, 1.54) is 9.88 Å². The second kappa shape index (κ2) is 6.27. The standard InChI is InChI=1S/C16H21NO2S/c1-6-14-16(17-15(7-2)20-14)11-9-12(18-4)10(3)8-13(11)19-5/h8-9H,6-7H2,1-5H3. The summed E-state index contributed by atoms with van der Waals surface area (Å²) in [4.78, 5) is 6.06. The Morgan fingerprint density at radius 3 is 2.30 bits per heavy atom. The molecule has 0 aliphatic rings. The molecule has 0 fully saturated rings. The molecule has 0 saturated carbocycles. The molecule has 0 aliphatic carbocycles. The lowest BCUT2D eigenvalue weighted by Crippen LogP contribution is -1.95. The van der Waals surface area contributed by atoms with E-state index in [0.717, 1.165) is 41.2 Å². The number of aryl methyl sites for hydroxylation is 3. The Morgan fingerprint density at radius 2 is 1.75 bits per heavy atom. The van der Waals surface area contributed by atoms with E-state index >= 15 is 0 Å². The Labute approximate surface area is 124 Å². The van der Waals surface area contributed by atoms with Gasteiger partial charge in [0.15, 0.2) is 0 Å². The molecule has 1 aromatic carbocycles. The summed E-state index contributed by atoms with van der Waals surface area (Å²) in [6.45, 7) is 6.31. The minimum Gasteiger partial charge on any atom is -0.496 e. The predicted molar refractivity (Wildman–Crippen MR) is 84.1 cm³/mol. The Balaban J connectivity index is 2.64. The second-order valence-electron chi connectivity index (χ2n) is 4.61. The molecule has 0 unspecified atom stereocenters. The summed E-state index contributed by atoms with van der Waals surface area (Å²) in [5.41, 5.74) is 3.12. The number of hydrogen-bond donors (Lipinski definition) is 0. The first-order valence-corrected chi connectivity index (χ1v) is 7.67. The highest BCUT2D eigenvalue weighted by molar-refractivity contribution is 7.12. The van der Waals surface area contributed by atoms with Crippen molar-refractivity contribution in [1.82, 2.24) is 4.98 Å². The van der Waals surface area contributed by atoms with Crippen LogP contribution in [0.15, 0.2) is 12.1 Å². The number of rotatable bonds is 5. The summed E-state index contributed by atoms with van der Waals surface area (Å²) in [6.07, 6.45) is 1.94. The molecule has 2 aromatic rings. The van der Waals surface area contributed by atoms with E-state index in [1.54, 1.807) is 25.6 Å². The maximum atomic E-state index is 5.53. The lowest BCUT2D eigenvalue weighted by molar-refractivity contribution is 0.401. The number of thiazole rings is 1. The van der Waals surface area contributed by atoms with Gasteiger partial charge in [0.2, 0.25) is 0 Å². The predicted octanol–water partition coefficient (Wildman–Crippen LogP) is 4.26. The van der Waals surface area contributed by atoms with Crippen molar-refractivity contribution in [3.63, 3.8) is 0 Å². The van der Waals surface area contributed by atoms with Crippen LogP contribution in [0.25, 0.3) is 11.3 Å². The normalized spacial score (nSPS) is 10.7. The molecule has 4 heteroatoms. The third-order valence-corrected chi connectivity index (χ3v) is 4.68. The molecule has 0 bridgehead atoms. The molecule has 1 heterocycles. The Bertz CT molecular complexity index is 605. The Morgan fingerprint density at radius 1 is 1.05 bits per heavy atom. The van der Waals surface area contributed by atoms with Gasteiger partial charge in [-0.2, -0.15) is 0 Å². The molecule has 0 spiro atoms. The van der Waals surface area contributed by atoms with E-state index in [0.29, 0.717) is 0 Å². The van der Waals surface area contributed by atoms with Gasteiger partial charge in [0.05, 0.1) is 24.9 Å². The maximum absolute atomic E-state index is 5.53. The van der Waals surface area contributed by atoms with Crippen LogP contribution in [0.3, 0.4) is 0 Å². The van der Waals surface area contributed by atoms with Crippen LogP contribution in [0.1, 0.15) is 29.3 Å². The van der Waals surface area contributed by atoms with Crippen LogP contribution in [0.5, 0.6) is 11.5 Å². The number of benzene rings is 1. The second-order valence-corrected chi connectivity index (χ2v) is 5.78. The molecule has 1 aromatic heterocycles. The van der Waals surface area contributed by atoms with Crippen molar-refractivity contribution in [2.24, 2.45) is 0 Å². The van der Waals surface area contributed by atoms with Gasteiger partial charge in [0.25, 0.3) is 0 Å². The number of nitrogens with zero attached hydrogens (tertiary/aromatic N) is 1. The fourth-order valence-corrected chi connectivity index (χ4v) is 3.20. The van der Waals surface area contributed by atoms with Crippen molar-refractivity contribution in [3.8, 4) is 22.8 Å². The van der Waals surface area contributed by atoms with E-state index in [1.807, 2.05) is 19.1 Å². The minimum atomic E-state index is 0.853. The van der Waals surface area contributed by atoms with Gasteiger partial charge in [0, 0.05) is 10.4 Å². The maximum Gasteiger partial charge on any atom is 0.128 e. The molecule has 3 nitrogen and oxygen atoms in total. The highest BCUT2D eigenvalue weighted by Crippen LogP contribution is 2.38. The number of methoxy groups -OCH3 is 2. The lowest BCUT2D eigenvalue weighted by atomic mass is 10.1. The zero-order chi connectivity index (χ0) is 14.7. The van der Waals surface area contributed by atoms with Crippen molar-refractivity contribution in [2.75, 3.05) is 14.2 Å². The summed E-state index contributed by atoms with van der Waals surface area (Å²) in [7, 11) is 3.39. The van der Waals surface area contributed by atoms with Crippen molar-refractivity contribution in [2.45, 2.75) is 33.6 Å². The number of hydrogen-bond acceptors (Lipinski definition) is 4. The van der Waals surface area contributed by atoms with Gasteiger partial charge < -0.3 is 9.47 Å². The molecule has 0 atom stereocenters. The molecular formula is C16H21NO2S. The van der Waals surface area contributed by atoms with Gasteiger partial charge in [-0.15, -0.1) is 11.3 Å². The Kier molecular flexibility index (Phi) is 4.65. The first-order chi connectivity index (χ1) is 9.64. The zero-order valence-electron chi connectivity index (χ0n) is 12.7. The van der Waals surface area contributed by atoms with E-state index in [-0.39, 0.29) is 0 Å². The monoisotopic (exact) mass is 291 g/mol. The zero-order valence-corrected chi connectivity index (χ0v) is 13.6. The van der Waals surface area contributed by atoms with Crippen LogP contribution in [0, 0.1) is 6.92 Å². The van der Waals surface area contributed by atoms with Crippen LogP contribution in [-0.4, -0.2) is 19.2 Å². The van der Waals surface area contributed by atoms with Gasteiger partial charge in [-0.1, -0.05) is 13.8 Å². The number of ether oxygens (including phenoxy) is 2. The average Bonchev–Trinajstić information content (AvgIpc) is 2.90. The molecular weight excluding hydrogens is 270 g/mol. The minimum absolute atomic E-state index is 0.853. The summed E-state index contributed by atoms with van der Waals surface area (Å²) >= 11 is 1.78. The lowest BCUT2D eigenvalue weighted by Gasteiger charge is -2.12. The third-order valence-electron chi connectivity index (χ3n) is 3.34. The van der Waals surface area contributed by atoms with Crippen LogP contribution >= 0.6 is 11.3 Å². The molecule has 0 saturated heterocycles. The van der Waals surface area contributed by atoms with Crippen molar-refractivity contribution in [3.05, 3.63) is 27.6 Å². The SMILES string of the molecule is CCc1nc(-c2cc(OC)c(C)cc2OC)c(CC)s1. The van der Waals surface area contributed by atoms with Gasteiger partial charge in [-0.25, -0.2) is 4.98 Å². The Hall–Kier alpha value is -1.55. The molecule has 0 amide bonds. The van der Waals surface area contributed by atoms with Gasteiger partial charge in [-0.05, 0) is 37.5 Å². The fourth-order valence-electron chi connectivity index (χ4n) is 2.24. The highest BCUT2D eigenvalue weighted by atomic mass is 32.1. The fraction of sp³-hybridized carbons (Fsp3) is 0.438.